The molecule has 8 nitrogen and oxygen atoms in total. The van der Waals surface area contributed by atoms with Crippen LogP contribution in [0, 0.1) is 0 Å². The molecule has 1 fully saturated rings. The van der Waals surface area contributed by atoms with Gasteiger partial charge in [0.1, 0.15) is 0 Å². The number of carbonyl (C=O) groups is 2. The summed E-state index contributed by atoms with van der Waals surface area (Å²) in [6, 6.07) is 6.51. The van der Waals surface area contributed by atoms with Gasteiger partial charge in [-0.15, -0.1) is 0 Å². The van der Waals surface area contributed by atoms with Crippen molar-refractivity contribution in [3.05, 3.63) is 29.3 Å². The summed E-state index contributed by atoms with van der Waals surface area (Å²) in [4.78, 5) is 28.8. The molecule has 1 aromatic carbocycles. The maximum absolute atomic E-state index is 12.8. The van der Waals surface area contributed by atoms with Crippen molar-refractivity contribution < 1.29 is 18.0 Å². The number of amides is 3. The predicted molar refractivity (Wildman–Crippen MR) is 94.6 cm³/mol. The Hall–Kier alpha value is -1.97. The van der Waals surface area contributed by atoms with Gasteiger partial charge < -0.3 is 4.90 Å². The van der Waals surface area contributed by atoms with Gasteiger partial charge in [0.15, 0.2) is 5.25 Å². The minimum Gasteiger partial charge on any atom is -0.369 e. The Morgan fingerprint density at radius 2 is 1.88 bits per heavy atom. The summed E-state index contributed by atoms with van der Waals surface area (Å²) in [5.74, 6) is -0.852. The fraction of sp³-hybridized carbons (Fsp3) is 0.400. The van der Waals surface area contributed by atoms with Gasteiger partial charge in [0.05, 0.1) is 0 Å². The monoisotopic (exact) mass is 384 g/mol. The van der Waals surface area contributed by atoms with Crippen LogP contribution >= 0.6 is 11.6 Å². The van der Waals surface area contributed by atoms with Crippen LogP contribution in [0.15, 0.2) is 29.3 Å². The van der Waals surface area contributed by atoms with Crippen molar-refractivity contribution in [1.82, 2.24) is 9.62 Å². The fourth-order valence-corrected chi connectivity index (χ4v) is 4.95. The zero-order valence-corrected chi connectivity index (χ0v) is 15.0. The molecule has 0 radical (unpaired) electrons. The lowest BCUT2D eigenvalue weighted by Crippen LogP contribution is -2.57. The summed E-state index contributed by atoms with van der Waals surface area (Å²) < 4.78 is 26.9. The Morgan fingerprint density at radius 1 is 1.20 bits per heavy atom. The number of aliphatic imine (C=N–C) groups is 1. The average molecular weight is 385 g/mol. The Bertz CT molecular complexity index is 847. The number of rotatable bonds is 3. The van der Waals surface area contributed by atoms with Gasteiger partial charge in [0.2, 0.25) is 10.0 Å². The van der Waals surface area contributed by atoms with Crippen LogP contribution in [0.1, 0.15) is 6.92 Å². The molecule has 2 aliphatic rings. The van der Waals surface area contributed by atoms with Crippen molar-refractivity contribution in [2.24, 2.45) is 4.99 Å². The van der Waals surface area contributed by atoms with E-state index in [-0.39, 0.29) is 18.8 Å². The Balaban J connectivity index is 1.75. The third-order valence-electron chi connectivity index (χ3n) is 4.20. The molecule has 1 unspecified atom stereocenters. The molecule has 0 spiro atoms. The number of carbonyl (C=O) groups excluding carboxylic acids is 2. The summed E-state index contributed by atoms with van der Waals surface area (Å²) in [5.41, 5.74) is 0.911. The molecule has 134 valence electrons. The highest BCUT2D eigenvalue weighted by molar-refractivity contribution is 7.91. The van der Waals surface area contributed by atoms with Gasteiger partial charge in [-0.05, 0) is 25.1 Å². The molecular formula is C15H17ClN4O4S. The van der Waals surface area contributed by atoms with E-state index in [1.807, 2.05) is 28.4 Å². The highest BCUT2D eigenvalue weighted by Gasteiger charge is 2.43. The van der Waals surface area contributed by atoms with Crippen molar-refractivity contribution in [1.29, 1.82) is 0 Å². The van der Waals surface area contributed by atoms with E-state index in [1.54, 1.807) is 6.07 Å². The van der Waals surface area contributed by atoms with Crippen molar-refractivity contribution in [2.45, 2.75) is 12.2 Å². The number of hydrogen-bond acceptors (Lipinski definition) is 5. The first-order valence-corrected chi connectivity index (χ1v) is 9.56. The van der Waals surface area contributed by atoms with Crippen LogP contribution in [0.2, 0.25) is 5.02 Å². The highest BCUT2D eigenvalue weighted by Crippen LogP contribution is 2.23. The number of nitrogens with one attached hydrogen (secondary N) is 1. The van der Waals surface area contributed by atoms with Gasteiger partial charge >= 0.3 is 6.03 Å². The van der Waals surface area contributed by atoms with Crippen LogP contribution in [-0.2, 0) is 14.8 Å². The summed E-state index contributed by atoms with van der Waals surface area (Å²) in [6.07, 6.45) is 0. The largest absolute Gasteiger partial charge is 0.369 e. The van der Waals surface area contributed by atoms with E-state index in [1.165, 1.54) is 11.2 Å². The molecular weight excluding hydrogens is 368 g/mol. The van der Waals surface area contributed by atoms with Crippen molar-refractivity contribution in [3.8, 4) is 0 Å². The number of hydrogen-bond donors (Lipinski definition) is 1. The van der Waals surface area contributed by atoms with Gasteiger partial charge in [-0.1, -0.05) is 17.7 Å². The highest BCUT2D eigenvalue weighted by atomic mass is 35.5. The first-order chi connectivity index (χ1) is 11.8. The second-order valence-corrected chi connectivity index (χ2v) is 8.29. The maximum Gasteiger partial charge on any atom is 0.347 e. The molecule has 1 atom stereocenters. The molecule has 3 rings (SSSR count). The second-order valence-electron chi connectivity index (χ2n) is 5.84. The van der Waals surface area contributed by atoms with Gasteiger partial charge in [0, 0.05) is 42.6 Å². The zero-order valence-electron chi connectivity index (χ0n) is 13.5. The number of halogens is 1. The van der Waals surface area contributed by atoms with E-state index < -0.39 is 27.2 Å². The van der Waals surface area contributed by atoms with Crippen molar-refractivity contribution in [3.63, 3.8) is 0 Å². The molecule has 0 aliphatic carbocycles. The Kier molecular flexibility index (Phi) is 4.81. The van der Waals surface area contributed by atoms with Crippen molar-refractivity contribution in [2.75, 3.05) is 31.1 Å². The lowest BCUT2D eigenvalue weighted by molar-refractivity contribution is -0.118. The third-order valence-corrected chi connectivity index (χ3v) is 6.67. The van der Waals surface area contributed by atoms with Crippen LogP contribution in [0.5, 0.6) is 0 Å². The molecule has 2 heterocycles. The topological polar surface area (TPSA) is 99.1 Å². The van der Waals surface area contributed by atoms with Crippen LogP contribution in [0.4, 0.5) is 10.5 Å². The van der Waals surface area contributed by atoms with Crippen LogP contribution < -0.4 is 10.2 Å². The molecule has 3 amide bonds. The maximum atomic E-state index is 12.8. The van der Waals surface area contributed by atoms with E-state index in [0.717, 1.165) is 5.69 Å². The SMILES string of the molecule is CC1=NC(=O)NC(=O)C1S(=O)(=O)N1CCN(c2cccc(Cl)c2)CC1. The second kappa shape index (κ2) is 6.74. The average Bonchev–Trinajstić information content (AvgIpc) is 2.53. The van der Waals surface area contributed by atoms with Gasteiger partial charge in [-0.25, -0.2) is 18.2 Å². The van der Waals surface area contributed by atoms with E-state index in [0.29, 0.717) is 18.1 Å². The molecule has 0 bridgehead atoms. The molecule has 1 N–H and O–H groups in total. The number of sulfonamides is 1. The van der Waals surface area contributed by atoms with Gasteiger partial charge in [0.25, 0.3) is 5.91 Å². The van der Waals surface area contributed by atoms with Crippen LogP contribution in [0.3, 0.4) is 0 Å². The van der Waals surface area contributed by atoms with E-state index in [4.69, 9.17) is 11.6 Å². The summed E-state index contributed by atoms with van der Waals surface area (Å²) in [6.45, 7) is 2.80. The van der Waals surface area contributed by atoms with Crippen molar-refractivity contribution >= 4 is 45.0 Å². The predicted octanol–water partition coefficient (Wildman–Crippen LogP) is 0.871. The van der Waals surface area contributed by atoms with Crippen LogP contribution in [0.25, 0.3) is 0 Å². The minimum atomic E-state index is -3.94. The smallest absolute Gasteiger partial charge is 0.347 e. The number of imide groups is 1. The molecule has 1 aromatic rings. The quantitative estimate of drug-likeness (QED) is 0.833. The van der Waals surface area contributed by atoms with E-state index >= 15 is 0 Å². The molecule has 0 saturated carbocycles. The molecule has 1 saturated heterocycles. The number of urea groups is 1. The summed E-state index contributed by atoms with van der Waals surface area (Å²) in [5, 5.41) is 1.11. The number of nitrogens with zero attached hydrogens (tertiary/aromatic N) is 3. The lowest BCUT2D eigenvalue weighted by Gasteiger charge is -2.37. The lowest BCUT2D eigenvalue weighted by atomic mass is 10.2. The first kappa shape index (κ1) is 17.8. The molecule has 25 heavy (non-hydrogen) atoms. The minimum absolute atomic E-state index is 0.00831. The fourth-order valence-electron chi connectivity index (χ4n) is 2.98. The standard InChI is InChI=1S/C15H17ClN4O4S/c1-10-13(14(21)18-15(22)17-10)25(23,24)20-7-5-19(6-8-20)12-4-2-3-11(16)9-12/h2-4,9,13H,5-8H2,1H3,(H,18,21,22). The molecule has 10 heteroatoms. The van der Waals surface area contributed by atoms with E-state index in [9.17, 15) is 18.0 Å². The zero-order chi connectivity index (χ0) is 18.2. The molecule has 2 aliphatic heterocycles. The normalized spacial score (nSPS) is 22.6. The third kappa shape index (κ3) is 3.53. The van der Waals surface area contributed by atoms with Gasteiger partial charge in [-0.2, -0.15) is 4.31 Å². The Labute approximate surface area is 150 Å². The first-order valence-electron chi connectivity index (χ1n) is 7.68. The number of benzene rings is 1. The number of piperazine rings is 1. The Morgan fingerprint density at radius 3 is 2.48 bits per heavy atom. The summed E-state index contributed by atoms with van der Waals surface area (Å²) >= 11 is 5.99. The van der Waals surface area contributed by atoms with Gasteiger partial charge in [-0.3, -0.25) is 10.1 Å². The summed E-state index contributed by atoms with van der Waals surface area (Å²) in [7, 11) is -3.94. The number of anilines is 1. The van der Waals surface area contributed by atoms with Crippen LogP contribution in [-0.4, -0.2) is 61.8 Å². The van der Waals surface area contributed by atoms with E-state index in [2.05, 4.69) is 4.99 Å². The molecule has 0 aromatic heterocycles.